The van der Waals surface area contributed by atoms with Gasteiger partial charge in [-0.15, -0.1) is 0 Å². The molecular weight excluding hydrogens is 311 g/mol. The maximum Gasteiger partial charge on any atom is 0.366 e. The van der Waals surface area contributed by atoms with E-state index in [0.29, 0.717) is 0 Å². The standard InChI is InChI=1S/C6H4F2IN3O2/c7-5(8)4-2(9)1-3(12(13)14)11-6(4)10/h1,5H,(H2,10,11). The first-order chi connectivity index (χ1) is 6.43. The molecule has 76 valence electrons. The zero-order chi connectivity index (χ0) is 10.9. The van der Waals surface area contributed by atoms with Gasteiger partial charge in [-0.1, -0.05) is 0 Å². The molecule has 5 nitrogen and oxygen atoms in total. The first-order valence-electron chi connectivity index (χ1n) is 3.32. The predicted octanol–water partition coefficient (Wildman–Crippen LogP) is 2.11. The molecule has 1 heterocycles. The molecule has 1 aromatic heterocycles. The molecule has 0 atom stereocenters. The lowest BCUT2D eigenvalue weighted by Crippen LogP contribution is -2.04. The summed E-state index contributed by atoms with van der Waals surface area (Å²) in [7, 11) is 0. The van der Waals surface area contributed by atoms with Gasteiger partial charge in [0.25, 0.3) is 6.43 Å². The van der Waals surface area contributed by atoms with Crippen LogP contribution in [0.4, 0.5) is 20.4 Å². The third-order valence-electron chi connectivity index (χ3n) is 1.43. The molecule has 0 aliphatic carbocycles. The Morgan fingerprint density at radius 1 is 1.64 bits per heavy atom. The maximum absolute atomic E-state index is 12.3. The number of alkyl halides is 2. The van der Waals surface area contributed by atoms with Crippen molar-refractivity contribution in [3.8, 4) is 0 Å². The highest BCUT2D eigenvalue weighted by Crippen LogP contribution is 2.30. The molecule has 8 heteroatoms. The summed E-state index contributed by atoms with van der Waals surface area (Å²) in [5.41, 5.74) is 4.70. The summed E-state index contributed by atoms with van der Waals surface area (Å²) < 4.78 is 24.7. The van der Waals surface area contributed by atoms with Crippen molar-refractivity contribution in [2.45, 2.75) is 6.43 Å². The normalized spacial score (nSPS) is 10.6. The van der Waals surface area contributed by atoms with Gasteiger partial charge in [-0.3, -0.25) is 0 Å². The van der Waals surface area contributed by atoms with Crippen LogP contribution in [-0.2, 0) is 0 Å². The van der Waals surface area contributed by atoms with Crippen LogP contribution in [0.25, 0.3) is 0 Å². The van der Waals surface area contributed by atoms with E-state index >= 15 is 0 Å². The molecule has 0 spiro atoms. The number of nitrogens with two attached hydrogens (primary N) is 1. The molecule has 0 fully saturated rings. The average Bonchev–Trinajstić information content (AvgIpc) is 2.01. The Hall–Kier alpha value is -1.06. The van der Waals surface area contributed by atoms with Gasteiger partial charge >= 0.3 is 5.82 Å². The lowest BCUT2D eigenvalue weighted by Gasteiger charge is -2.02. The zero-order valence-electron chi connectivity index (χ0n) is 6.58. The molecule has 14 heavy (non-hydrogen) atoms. The fourth-order valence-corrected chi connectivity index (χ4v) is 1.63. The summed E-state index contributed by atoms with van der Waals surface area (Å²) in [6.07, 6.45) is -2.78. The number of nitrogens with zero attached hydrogens (tertiary/aromatic N) is 2. The Balaban J connectivity index is 3.32. The summed E-state index contributed by atoms with van der Waals surface area (Å²) in [5, 5.41) is 10.3. The van der Waals surface area contributed by atoms with Crippen molar-refractivity contribution in [2.24, 2.45) is 0 Å². The van der Waals surface area contributed by atoms with Gasteiger partial charge in [-0.25, -0.2) is 8.78 Å². The van der Waals surface area contributed by atoms with Gasteiger partial charge in [-0.05, 0) is 32.5 Å². The molecule has 0 aliphatic rings. The van der Waals surface area contributed by atoms with Crippen LogP contribution in [-0.4, -0.2) is 9.91 Å². The van der Waals surface area contributed by atoms with Crippen LogP contribution in [0.3, 0.4) is 0 Å². The second-order valence-corrected chi connectivity index (χ2v) is 3.48. The number of halogens is 3. The van der Waals surface area contributed by atoms with Crippen molar-refractivity contribution in [1.29, 1.82) is 0 Å². The van der Waals surface area contributed by atoms with Gasteiger partial charge < -0.3 is 15.8 Å². The molecule has 0 saturated heterocycles. The SMILES string of the molecule is Nc1nc([N+](=O)[O-])cc(I)c1C(F)F. The number of pyridine rings is 1. The van der Waals surface area contributed by atoms with Gasteiger partial charge in [0.05, 0.1) is 11.6 Å². The van der Waals surface area contributed by atoms with Gasteiger partial charge in [0.15, 0.2) is 0 Å². The summed E-state index contributed by atoms with van der Waals surface area (Å²) in [6, 6.07) is 0.957. The van der Waals surface area contributed by atoms with E-state index in [1.54, 1.807) is 22.6 Å². The smallest absolute Gasteiger partial charge is 0.362 e. The third kappa shape index (κ3) is 2.05. The van der Waals surface area contributed by atoms with Crippen molar-refractivity contribution in [2.75, 3.05) is 5.73 Å². The number of nitrogen functional groups attached to an aromatic ring is 1. The van der Waals surface area contributed by atoms with E-state index in [9.17, 15) is 18.9 Å². The van der Waals surface area contributed by atoms with Crippen molar-refractivity contribution >= 4 is 34.2 Å². The van der Waals surface area contributed by atoms with Crippen LogP contribution in [0.1, 0.15) is 12.0 Å². The quantitative estimate of drug-likeness (QED) is 0.515. The summed E-state index contributed by atoms with van der Waals surface area (Å²) in [5.74, 6) is -1.03. The lowest BCUT2D eigenvalue weighted by molar-refractivity contribution is -0.389. The lowest BCUT2D eigenvalue weighted by atomic mass is 10.2. The van der Waals surface area contributed by atoms with E-state index in [2.05, 4.69) is 4.98 Å². The van der Waals surface area contributed by atoms with E-state index in [1.807, 2.05) is 0 Å². The molecule has 0 aromatic carbocycles. The number of hydrogen-bond donors (Lipinski definition) is 1. The van der Waals surface area contributed by atoms with Crippen molar-refractivity contribution in [3.63, 3.8) is 0 Å². The number of rotatable bonds is 2. The molecule has 0 saturated carbocycles. The molecule has 0 unspecified atom stereocenters. The van der Waals surface area contributed by atoms with Crippen LogP contribution in [0.5, 0.6) is 0 Å². The maximum atomic E-state index is 12.3. The van der Waals surface area contributed by atoms with E-state index in [0.717, 1.165) is 6.07 Å². The van der Waals surface area contributed by atoms with Gasteiger partial charge in [-0.2, -0.15) is 0 Å². The molecule has 2 N–H and O–H groups in total. The van der Waals surface area contributed by atoms with E-state index in [1.165, 1.54) is 0 Å². The molecule has 0 radical (unpaired) electrons. The Bertz CT molecular complexity index is 362. The van der Waals surface area contributed by atoms with E-state index in [-0.39, 0.29) is 3.57 Å². The number of hydrogen-bond acceptors (Lipinski definition) is 4. The highest BCUT2D eigenvalue weighted by molar-refractivity contribution is 14.1. The number of anilines is 1. The number of aromatic nitrogens is 1. The Morgan fingerprint density at radius 2 is 2.21 bits per heavy atom. The monoisotopic (exact) mass is 315 g/mol. The van der Waals surface area contributed by atoms with Crippen LogP contribution >= 0.6 is 22.6 Å². The third-order valence-corrected chi connectivity index (χ3v) is 2.32. The van der Waals surface area contributed by atoms with Crippen LogP contribution in [0.15, 0.2) is 6.07 Å². The highest BCUT2D eigenvalue weighted by atomic mass is 127. The second-order valence-electron chi connectivity index (χ2n) is 2.32. The summed E-state index contributed by atoms with van der Waals surface area (Å²) >= 11 is 1.56. The fourth-order valence-electron chi connectivity index (χ4n) is 0.839. The Morgan fingerprint density at radius 3 is 2.57 bits per heavy atom. The van der Waals surface area contributed by atoms with Crippen LogP contribution < -0.4 is 5.73 Å². The minimum absolute atomic E-state index is 0.0387. The first kappa shape index (κ1) is 11.0. The first-order valence-corrected chi connectivity index (χ1v) is 4.39. The van der Waals surface area contributed by atoms with E-state index in [4.69, 9.17) is 5.73 Å². The van der Waals surface area contributed by atoms with Crippen molar-refractivity contribution in [3.05, 3.63) is 25.3 Å². The topological polar surface area (TPSA) is 82.0 Å². The van der Waals surface area contributed by atoms with Gasteiger partial charge in [0, 0.05) is 3.57 Å². The van der Waals surface area contributed by atoms with Gasteiger partial charge in [0.1, 0.15) is 0 Å². The average molecular weight is 315 g/mol. The Labute approximate surface area is 90.6 Å². The van der Waals surface area contributed by atoms with Gasteiger partial charge in [0.2, 0.25) is 5.82 Å². The summed E-state index contributed by atoms with van der Waals surface area (Å²) in [4.78, 5) is 12.7. The van der Waals surface area contributed by atoms with Crippen molar-refractivity contribution < 1.29 is 13.7 Å². The highest BCUT2D eigenvalue weighted by Gasteiger charge is 2.23. The van der Waals surface area contributed by atoms with Crippen LogP contribution in [0, 0.1) is 13.7 Å². The second kappa shape index (κ2) is 3.98. The predicted molar refractivity (Wildman–Crippen MR) is 53.0 cm³/mol. The fraction of sp³-hybridized carbons (Fsp3) is 0.167. The molecular formula is C6H4F2IN3O2. The molecule has 0 bridgehead atoms. The minimum atomic E-state index is -2.78. The molecule has 1 aromatic rings. The molecule has 0 aliphatic heterocycles. The molecule has 0 amide bonds. The number of nitro groups is 1. The molecule has 1 rings (SSSR count). The van der Waals surface area contributed by atoms with Crippen LogP contribution in [0.2, 0.25) is 0 Å². The summed E-state index contributed by atoms with van der Waals surface area (Å²) in [6.45, 7) is 0. The Kier molecular flexibility index (Phi) is 3.13. The van der Waals surface area contributed by atoms with Crippen molar-refractivity contribution in [1.82, 2.24) is 4.98 Å². The minimum Gasteiger partial charge on any atom is -0.362 e. The zero-order valence-corrected chi connectivity index (χ0v) is 8.73. The van der Waals surface area contributed by atoms with E-state index < -0.39 is 28.5 Å². The largest absolute Gasteiger partial charge is 0.366 e.